The Hall–Kier alpha value is -2.57. The molecule has 0 radical (unpaired) electrons. The molecular formula is C15H19N3O4. The average Bonchev–Trinajstić information content (AvgIpc) is 2.85. The standard InChI is InChI=1S/C15H19N3O4/c1-15(2,3)22-14(21)18-8-7-16-13(18)17-11-6-4-5-10(9-11)12(19)20/h4-6,9H,7-8H2,1-3H3,(H,16,17)(H,19,20). The highest BCUT2D eigenvalue weighted by atomic mass is 16.6. The lowest BCUT2D eigenvalue weighted by Crippen LogP contribution is -2.41. The molecule has 2 N–H and O–H groups in total. The van der Waals surface area contributed by atoms with Gasteiger partial charge in [-0.2, -0.15) is 0 Å². The van der Waals surface area contributed by atoms with Crippen LogP contribution in [0.15, 0.2) is 29.3 Å². The van der Waals surface area contributed by atoms with Gasteiger partial charge in [0.25, 0.3) is 0 Å². The summed E-state index contributed by atoms with van der Waals surface area (Å²) < 4.78 is 5.32. The maximum absolute atomic E-state index is 12.1. The van der Waals surface area contributed by atoms with Gasteiger partial charge in [-0.1, -0.05) is 6.07 Å². The molecule has 0 spiro atoms. The molecule has 0 aromatic heterocycles. The minimum atomic E-state index is -1.01. The monoisotopic (exact) mass is 305 g/mol. The summed E-state index contributed by atoms with van der Waals surface area (Å²) in [7, 11) is 0. The summed E-state index contributed by atoms with van der Waals surface area (Å²) >= 11 is 0. The second-order valence-corrected chi connectivity index (χ2v) is 5.85. The minimum absolute atomic E-state index is 0.160. The number of rotatable bonds is 2. The van der Waals surface area contributed by atoms with Crippen LogP contribution in [-0.4, -0.2) is 46.7 Å². The predicted octanol–water partition coefficient (Wildman–Crippen LogP) is 2.40. The second-order valence-electron chi connectivity index (χ2n) is 5.85. The normalized spacial score (nSPS) is 14.5. The number of carbonyl (C=O) groups excluding carboxylic acids is 1. The zero-order valence-corrected chi connectivity index (χ0v) is 12.8. The quantitative estimate of drug-likeness (QED) is 0.875. The van der Waals surface area contributed by atoms with Crippen LogP contribution in [0.3, 0.4) is 0 Å². The number of nitrogens with zero attached hydrogens (tertiary/aromatic N) is 2. The fraction of sp³-hybridized carbons (Fsp3) is 0.400. The third-order valence-corrected chi connectivity index (χ3v) is 2.82. The lowest BCUT2D eigenvalue weighted by atomic mass is 10.2. The highest BCUT2D eigenvalue weighted by Gasteiger charge is 2.28. The van der Waals surface area contributed by atoms with Crippen molar-refractivity contribution in [3.63, 3.8) is 0 Å². The molecule has 1 heterocycles. The number of guanidine groups is 1. The van der Waals surface area contributed by atoms with E-state index in [1.54, 1.807) is 32.9 Å². The summed E-state index contributed by atoms with van der Waals surface area (Å²) in [6.45, 7) is 6.28. The summed E-state index contributed by atoms with van der Waals surface area (Å²) in [4.78, 5) is 28.7. The van der Waals surface area contributed by atoms with E-state index < -0.39 is 17.7 Å². The smallest absolute Gasteiger partial charge is 0.417 e. The second kappa shape index (κ2) is 6.05. The fourth-order valence-corrected chi connectivity index (χ4v) is 1.91. The Kier molecular flexibility index (Phi) is 4.35. The van der Waals surface area contributed by atoms with Gasteiger partial charge in [-0.15, -0.1) is 0 Å². The van der Waals surface area contributed by atoms with Gasteiger partial charge < -0.3 is 15.2 Å². The van der Waals surface area contributed by atoms with E-state index in [1.807, 2.05) is 0 Å². The summed E-state index contributed by atoms with van der Waals surface area (Å²) in [6, 6.07) is 6.31. The van der Waals surface area contributed by atoms with Crippen LogP contribution in [0.5, 0.6) is 0 Å². The highest BCUT2D eigenvalue weighted by molar-refractivity contribution is 6.04. The van der Waals surface area contributed by atoms with E-state index in [1.165, 1.54) is 17.0 Å². The first kappa shape index (κ1) is 15.8. The minimum Gasteiger partial charge on any atom is -0.478 e. The van der Waals surface area contributed by atoms with Crippen molar-refractivity contribution in [1.82, 2.24) is 4.90 Å². The molecule has 1 aliphatic heterocycles. The van der Waals surface area contributed by atoms with E-state index in [-0.39, 0.29) is 5.56 Å². The van der Waals surface area contributed by atoms with Gasteiger partial charge in [0, 0.05) is 5.69 Å². The van der Waals surface area contributed by atoms with Crippen LogP contribution in [0.2, 0.25) is 0 Å². The number of amides is 1. The molecule has 0 saturated heterocycles. The highest BCUT2D eigenvalue weighted by Crippen LogP contribution is 2.16. The molecule has 0 aliphatic carbocycles. The lowest BCUT2D eigenvalue weighted by molar-refractivity contribution is 0.0383. The first-order chi connectivity index (χ1) is 10.3. The molecule has 118 valence electrons. The number of carboxylic acids is 1. The van der Waals surface area contributed by atoms with E-state index in [0.717, 1.165) is 0 Å². The number of nitrogens with one attached hydrogen (secondary N) is 1. The van der Waals surface area contributed by atoms with Crippen LogP contribution >= 0.6 is 0 Å². The van der Waals surface area contributed by atoms with Crippen molar-refractivity contribution in [2.45, 2.75) is 26.4 Å². The number of hydrogen-bond donors (Lipinski definition) is 2. The molecule has 1 amide bonds. The Morgan fingerprint density at radius 3 is 2.73 bits per heavy atom. The third kappa shape index (κ3) is 3.97. The molecule has 0 unspecified atom stereocenters. The molecule has 0 bridgehead atoms. The molecule has 1 aromatic carbocycles. The Labute approximate surface area is 128 Å². The zero-order valence-electron chi connectivity index (χ0n) is 12.8. The Balaban J connectivity index is 2.10. The Bertz CT molecular complexity index is 619. The van der Waals surface area contributed by atoms with Crippen LogP contribution < -0.4 is 5.32 Å². The van der Waals surface area contributed by atoms with Gasteiger partial charge in [0.15, 0.2) is 0 Å². The van der Waals surface area contributed by atoms with Crippen LogP contribution in [-0.2, 0) is 4.74 Å². The van der Waals surface area contributed by atoms with Crippen molar-refractivity contribution in [3.8, 4) is 0 Å². The Morgan fingerprint density at radius 1 is 1.36 bits per heavy atom. The summed E-state index contributed by atoms with van der Waals surface area (Å²) in [5.74, 6) is -0.655. The molecule has 0 atom stereocenters. The van der Waals surface area contributed by atoms with E-state index >= 15 is 0 Å². The van der Waals surface area contributed by atoms with Gasteiger partial charge in [0.2, 0.25) is 5.96 Å². The molecule has 1 aliphatic rings. The number of anilines is 1. The largest absolute Gasteiger partial charge is 0.478 e. The van der Waals surface area contributed by atoms with Crippen molar-refractivity contribution in [1.29, 1.82) is 0 Å². The third-order valence-electron chi connectivity index (χ3n) is 2.82. The number of carboxylic acid groups (broad SMARTS) is 1. The number of benzene rings is 1. The number of hydrogen-bond acceptors (Lipinski definition) is 5. The molecule has 0 saturated carbocycles. The van der Waals surface area contributed by atoms with E-state index in [9.17, 15) is 9.59 Å². The number of carbonyl (C=O) groups is 2. The van der Waals surface area contributed by atoms with Gasteiger partial charge in [0.05, 0.1) is 18.7 Å². The van der Waals surface area contributed by atoms with Crippen molar-refractivity contribution < 1.29 is 19.4 Å². The average molecular weight is 305 g/mol. The molecular weight excluding hydrogens is 286 g/mol. The van der Waals surface area contributed by atoms with Crippen molar-refractivity contribution in [2.24, 2.45) is 4.99 Å². The number of ether oxygens (including phenoxy) is 1. The number of aromatic carboxylic acids is 1. The number of aliphatic imine (C=N–C) groups is 1. The maximum Gasteiger partial charge on any atom is 0.417 e. The van der Waals surface area contributed by atoms with Crippen LogP contribution in [0.25, 0.3) is 0 Å². The van der Waals surface area contributed by atoms with E-state index in [0.29, 0.717) is 24.7 Å². The molecule has 2 rings (SSSR count). The van der Waals surface area contributed by atoms with Crippen molar-refractivity contribution >= 4 is 23.7 Å². The van der Waals surface area contributed by atoms with Crippen LogP contribution in [0, 0.1) is 0 Å². The van der Waals surface area contributed by atoms with Gasteiger partial charge >= 0.3 is 12.1 Å². The predicted molar refractivity (Wildman–Crippen MR) is 82.3 cm³/mol. The summed E-state index contributed by atoms with van der Waals surface area (Å²) in [5, 5.41) is 12.0. The van der Waals surface area contributed by atoms with Gasteiger partial charge in [-0.05, 0) is 39.0 Å². The molecule has 22 heavy (non-hydrogen) atoms. The zero-order chi connectivity index (χ0) is 16.3. The van der Waals surface area contributed by atoms with Gasteiger partial charge in [0.1, 0.15) is 5.60 Å². The Morgan fingerprint density at radius 2 is 2.09 bits per heavy atom. The topological polar surface area (TPSA) is 91.2 Å². The maximum atomic E-state index is 12.1. The molecule has 1 aromatic rings. The molecule has 7 nitrogen and oxygen atoms in total. The summed E-state index contributed by atoms with van der Waals surface area (Å²) in [5.41, 5.74) is 0.120. The molecule has 7 heteroatoms. The summed E-state index contributed by atoms with van der Waals surface area (Å²) in [6.07, 6.45) is -0.481. The molecule has 0 fully saturated rings. The van der Waals surface area contributed by atoms with Crippen LogP contribution in [0.4, 0.5) is 10.5 Å². The first-order valence-corrected chi connectivity index (χ1v) is 6.91. The van der Waals surface area contributed by atoms with Gasteiger partial charge in [-0.25, -0.2) is 14.5 Å². The van der Waals surface area contributed by atoms with Crippen LogP contribution in [0.1, 0.15) is 31.1 Å². The first-order valence-electron chi connectivity index (χ1n) is 6.91. The fourth-order valence-electron chi connectivity index (χ4n) is 1.91. The lowest BCUT2D eigenvalue weighted by Gasteiger charge is -2.25. The van der Waals surface area contributed by atoms with Gasteiger partial charge in [-0.3, -0.25) is 4.99 Å². The van der Waals surface area contributed by atoms with Crippen molar-refractivity contribution in [3.05, 3.63) is 29.8 Å². The van der Waals surface area contributed by atoms with Crippen molar-refractivity contribution in [2.75, 3.05) is 18.4 Å². The SMILES string of the molecule is CC(C)(C)OC(=O)N1CCN=C1Nc1cccc(C(=O)O)c1. The van der Waals surface area contributed by atoms with E-state index in [2.05, 4.69) is 10.3 Å². The van der Waals surface area contributed by atoms with E-state index in [4.69, 9.17) is 9.84 Å².